The van der Waals surface area contributed by atoms with Crippen molar-refractivity contribution in [1.82, 2.24) is 4.98 Å². The van der Waals surface area contributed by atoms with E-state index in [1.54, 1.807) is 11.3 Å². The minimum Gasteiger partial charge on any atom is -0.391 e. The first-order chi connectivity index (χ1) is 8.17. The lowest BCUT2D eigenvalue weighted by Gasteiger charge is -2.37. The van der Waals surface area contributed by atoms with Crippen LogP contribution >= 0.6 is 23.1 Å². The van der Waals surface area contributed by atoms with E-state index in [0.717, 1.165) is 28.7 Å². The molecule has 2 unspecified atom stereocenters. The van der Waals surface area contributed by atoms with Crippen LogP contribution in [0.4, 0.5) is 5.13 Å². The van der Waals surface area contributed by atoms with Gasteiger partial charge >= 0.3 is 0 Å². The van der Waals surface area contributed by atoms with Crippen LogP contribution in [0.2, 0.25) is 0 Å². The molecular weight excluding hydrogens is 252 g/mol. The van der Waals surface area contributed by atoms with Gasteiger partial charge in [-0.2, -0.15) is 11.8 Å². The molecule has 3 nitrogen and oxygen atoms in total. The topological polar surface area (TPSA) is 36.4 Å². The average molecular weight is 272 g/mol. The normalized spacial score (nSPS) is 25.3. The van der Waals surface area contributed by atoms with E-state index < -0.39 is 0 Å². The molecule has 0 aliphatic carbocycles. The molecule has 2 heterocycles. The molecular formula is C12H20N2OS2. The molecule has 1 aliphatic rings. The summed E-state index contributed by atoms with van der Waals surface area (Å²) in [4.78, 5) is 8.10. The lowest BCUT2D eigenvalue weighted by Crippen LogP contribution is -2.44. The van der Waals surface area contributed by atoms with Crippen LogP contribution in [0.25, 0.3) is 0 Å². The van der Waals surface area contributed by atoms with Gasteiger partial charge in [-0.3, -0.25) is 0 Å². The minimum atomic E-state index is 0.118. The second-order valence-corrected chi connectivity index (χ2v) is 6.94. The number of thiazole rings is 1. The first-order valence-electron chi connectivity index (χ1n) is 6.15. The molecule has 1 saturated heterocycles. The molecule has 0 amide bonds. The van der Waals surface area contributed by atoms with E-state index in [-0.39, 0.29) is 6.61 Å². The van der Waals surface area contributed by atoms with E-state index in [9.17, 15) is 5.11 Å². The highest BCUT2D eigenvalue weighted by Crippen LogP contribution is 2.33. The van der Waals surface area contributed by atoms with E-state index in [2.05, 4.69) is 30.7 Å². The molecule has 5 heteroatoms. The highest BCUT2D eigenvalue weighted by molar-refractivity contribution is 8.00. The Balaban J connectivity index is 2.23. The number of anilines is 1. The largest absolute Gasteiger partial charge is 0.391 e. The first kappa shape index (κ1) is 13.2. The predicted molar refractivity (Wildman–Crippen MR) is 76.1 cm³/mol. The molecule has 0 radical (unpaired) electrons. The number of aliphatic hydroxyl groups is 1. The molecule has 2 rings (SSSR count). The fourth-order valence-corrected chi connectivity index (χ4v) is 4.32. The van der Waals surface area contributed by atoms with E-state index in [1.807, 2.05) is 11.8 Å². The summed E-state index contributed by atoms with van der Waals surface area (Å²) in [6.45, 7) is 7.83. The van der Waals surface area contributed by atoms with Crippen LogP contribution < -0.4 is 4.90 Å². The Bertz CT molecular complexity index is 359. The van der Waals surface area contributed by atoms with Gasteiger partial charge < -0.3 is 10.0 Å². The molecule has 0 saturated carbocycles. The lowest BCUT2D eigenvalue weighted by molar-refractivity contribution is 0.284. The van der Waals surface area contributed by atoms with E-state index in [4.69, 9.17) is 0 Å². The Morgan fingerprint density at radius 1 is 1.47 bits per heavy atom. The van der Waals surface area contributed by atoms with Crippen LogP contribution in [0.5, 0.6) is 0 Å². The Kier molecular flexibility index (Phi) is 4.33. The number of thioether (sulfide) groups is 1. The smallest absolute Gasteiger partial charge is 0.186 e. The van der Waals surface area contributed by atoms with E-state index >= 15 is 0 Å². The molecule has 2 atom stereocenters. The van der Waals surface area contributed by atoms with Gasteiger partial charge in [0.2, 0.25) is 0 Å². The molecule has 1 aliphatic heterocycles. The van der Waals surface area contributed by atoms with Crippen LogP contribution in [0.3, 0.4) is 0 Å². The van der Waals surface area contributed by atoms with Crippen molar-refractivity contribution in [2.75, 3.05) is 17.2 Å². The van der Waals surface area contributed by atoms with Crippen molar-refractivity contribution in [2.24, 2.45) is 0 Å². The lowest BCUT2D eigenvalue weighted by atomic mass is 10.2. The SMILES string of the molecule is CCc1nc(N2CCSC(C)C2C)sc1CO. The third-order valence-electron chi connectivity index (χ3n) is 3.38. The van der Waals surface area contributed by atoms with Crippen molar-refractivity contribution in [2.45, 2.75) is 45.1 Å². The van der Waals surface area contributed by atoms with Gasteiger partial charge in [-0.1, -0.05) is 25.2 Å². The summed E-state index contributed by atoms with van der Waals surface area (Å²) in [6.07, 6.45) is 0.902. The van der Waals surface area contributed by atoms with Gasteiger partial charge in [0.1, 0.15) is 0 Å². The van der Waals surface area contributed by atoms with Crippen LogP contribution in [0.1, 0.15) is 31.3 Å². The summed E-state index contributed by atoms with van der Waals surface area (Å²) in [5.74, 6) is 1.17. The fourth-order valence-electron chi connectivity index (χ4n) is 2.10. The van der Waals surface area contributed by atoms with Gasteiger partial charge in [0.25, 0.3) is 0 Å². The van der Waals surface area contributed by atoms with E-state index in [0.29, 0.717) is 11.3 Å². The molecule has 0 bridgehead atoms. The highest BCUT2D eigenvalue weighted by Gasteiger charge is 2.27. The molecule has 1 fully saturated rings. The summed E-state index contributed by atoms with van der Waals surface area (Å²) in [6, 6.07) is 0.524. The number of hydrogen-bond acceptors (Lipinski definition) is 5. The highest BCUT2D eigenvalue weighted by atomic mass is 32.2. The second kappa shape index (κ2) is 5.59. The zero-order valence-electron chi connectivity index (χ0n) is 10.6. The number of aromatic nitrogens is 1. The predicted octanol–water partition coefficient (Wildman–Crippen LogP) is 2.53. The zero-order valence-corrected chi connectivity index (χ0v) is 12.3. The maximum Gasteiger partial charge on any atom is 0.186 e. The zero-order chi connectivity index (χ0) is 12.4. The Morgan fingerprint density at radius 3 is 2.82 bits per heavy atom. The molecule has 0 spiro atoms. The van der Waals surface area contributed by atoms with Crippen molar-refractivity contribution in [1.29, 1.82) is 0 Å². The number of nitrogens with zero attached hydrogens (tertiary/aromatic N) is 2. The van der Waals surface area contributed by atoms with Crippen LogP contribution in [0.15, 0.2) is 0 Å². The van der Waals surface area contributed by atoms with Gasteiger partial charge in [-0.25, -0.2) is 4.98 Å². The number of aryl methyl sites for hydroxylation is 1. The Hall–Kier alpha value is -0.260. The van der Waals surface area contributed by atoms with Gasteiger partial charge in [0.05, 0.1) is 17.2 Å². The summed E-state index contributed by atoms with van der Waals surface area (Å²) in [5, 5.41) is 11.1. The van der Waals surface area contributed by atoms with Gasteiger partial charge in [-0.05, 0) is 13.3 Å². The average Bonchev–Trinajstić information content (AvgIpc) is 2.75. The number of hydrogen-bond donors (Lipinski definition) is 1. The van der Waals surface area contributed by atoms with Gasteiger partial charge in [0.15, 0.2) is 5.13 Å². The summed E-state index contributed by atoms with van der Waals surface area (Å²) >= 11 is 3.68. The number of aliphatic hydroxyl groups excluding tert-OH is 1. The van der Waals surface area contributed by atoms with Crippen molar-refractivity contribution in [3.8, 4) is 0 Å². The molecule has 96 valence electrons. The summed E-state index contributed by atoms with van der Waals surface area (Å²) in [5.41, 5.74) is 1.06. The third-order valence-corrected chi connectivity index (χ3v) is 5.83. The van der Waals surface area contributed by atoms with Crippen molar-refractivity contribution in [3.63, 3.8) is 0 Å². The standard InChI is InChI=1S/C12H20N2OS2/c1-4-10-11(7-15)17-12(13-10)14-5-6-16-9(3)8(14)2/h8-9,15H,4-7H2,1-3H3. The first-order valence-corrected chi connectivity index (χ1v) is 8.01. The minimum absolute atomic E-state index is 0.118. The van der Waals surface area contributed by atoms with Crippen LogP contribution in [-0.4, -0.2) is 33.7 Å². The second-order valence-electron chi connectivity index (χ2n) is 4.39. The van der Waals surface area contributed by atoms with Gasteiger partial charge in [0, 0.05) is 23.6 Å². The Labute approximate surface area is 111 Å². The maximum atomic E-state index is 9.33. The summed E-state index contributed by atoms with van der Waals surface area (Å²) < 4.78 is 0. The van der Waals surface area contributed by atoms with Crippen LogP contribution in [0, 0.1) is 0 Å². The quantitative estimate of drug-likeness (QED) is 0.917. The summed E-state index contributed by atoms with van der Waals surface area (Å²) in [7, 11) is 0. The van der Waals surface area contributed by atoms with Crippen molar-refractivity contribution < 1.29 is 5.11 Å². The number of rotatable bonds is 3. The molecule has 0 aromatic carbocycles. The third kappa shape index (κ3) is 2.61. The maximum absolute atomic E-state index is 9.33. The molecule has 17 heavy (non-hydrogen) atoms. The van der Waals surface area contributed by atoms with E-state index in [1.165, 1.54) is 5.75 Å². The van der Waals surface area contributed by atoms with Gasteiger partial charge in [-0.15, -0.1) is 0 Å². The molecule has 1 aromatic rings. The molecule has 1 N–H and O–H groups in total. The molecule has 1 aromatic heterocycles. The van der Waals surface area contributed by atoms with Crippen molar-refractivity contribution in [3.05, 3.63) is 10.6 Å². The monoisotopic (exact) mass is 272 g/mol. The fraction of sp³-hybridized carbons (Fsp3) is 0.750. The van der Waals surface area contributed by atoms with Crippen LogP contribution in [-0.2, 0) is 13.0 Å². The van der Waals surface area contributed by atoms with Crippen molar-refractivity contribution >= 4 is 28.2 Å². The Morgan fingerprint density at radius 2 is 2.24 bits per heavy atom.